The second kappa shape index (κ2) is 6.61. The monoisotopic (exact) mass is 272 g/mol. The van der Waals surface area contributed by atoms with Crippen LogP contribution in [0.25, 0.3) is 0 Å². The summed E-state index contributed by atoms with van der Waals surface area (Å²) in [6, 6.07) is 7.18. The first-order valence-corrected chi connectivity index (χ1v) is 7.77. The standard InChI is InChI=1S/C12H20N2O3S/c1-14(8-10-18(2,15)16)7-9-17-12-5-3-11(13)4-6-12/h3-6H,7-10,13H2,1-2H3. The third kappa shape index (κ3) is 6.46. The maximum Gasteiger partial charge on any atom is 0.148 e. The first kappa shape index (κ1) is 14.8. The summed E-state index contributed by atoms with van der Waals surface area (Å²) in [5.41, 5.74) is 6.26. The summed E-state index contributed by atoms with van der Waals surface area (Å²) in [6.07, 6.45) is 1.24. The highest BCUT2D eigenvalue weighted by Crippen LogP contribution is 2.12. The first-order valence-electron chi connectivity index (χ1n) is 5.71. The van der Waals surface area contributed by atoms with Crippen LogP contribution in [0.2, 0.25) is 0 Å². The molecule has 0 amide bonds. The van der Waals surface area contributed by atoms with Gasteiger partial charge >= 0.3 is 0 Å². The zero-order valence-electron chi connectivity index (χ0n) is 10.8. The van der Waals surface area contributed by atoms with Gasteiger partial charge in [-0.2, -0.15) is 0 Å². The fourth-order valence-corrected chi connectivity index (χ4v) is 1.96. The Balaban J connectivity index is 2.23. The molecule has 0 unspecified atom stereocenters. The van der Waals surface area contributed by atoms with Gasteiger partial charge in [-0.25, -0.2) is 8.42 Å². The van der Waals surface area contributed by atoms with Gasteiger partial charge in [-0.3, -0.25) is 0 Å². The minimum Gasteiger partial charge on any atom is -0.492 e. The van der Waals surface area contributed by atoms with Crippen LogP contribution < -0.4 is 10.5 Å². The van der Waals surface area contributed by atoms with Gasteiger partial charge in [-0.1, -0.05) is 0 Å². The van der Waals surface area contributed by atoms with Crippen LogP contribution in [0.5, 0.6) is 5.75 Å². The van der Waals surface area contributed by atoms with Crippen LogP contribution in [0, 0.1) is 0 Å². The van der Waals surface area contributed by atoms with E-state index in [1.165, 1.54) is 6.26 Å². The van der Waals surface area contributed by atoms with Gasteiger partial charge in [0, 0.05) is 25.0 Å². The Morgan fingerprint density at radius 2 is 1.83 bits per heavy atom. The Morgan fingerprint density at radius 1 is 1.22 bits per heavy atom. The molecule has 18 heavy (non-hydrogen) atoms. The summed E-state index contributed by atoms with van der Waals surface area (Å²) in [5.74, 6) is 0.937. The van der Waals surface area contributed by atoms with Gasteiger partial charge < -0.3 is 15.4 Å². The SMILES string of the molecule is CN(CCOc1ccc(N)cc1)CCS(C)(=O)=O. The van der Waals surface area contributed by atoms with Crippen LogP contribution in [0.1, 0.15) is 0 Å². The van der Waals surface area contributed by atoms with E-state index in [2.05, 4.69) is 0 Å². The molecule has 0 aliphatic heterocycles. The molecule has 1 aromatic carbocycles. The van der Waals surface area contributed by atoms with Gasteiger partial charge in [-0.15, -0.1) is 0 Å². The Hall–Kier alpha value is -1.27. The van der Waals surface area contributed by atoms with Gasteiger partial charge in [0.1, 0.15) is 22.2 Å². The molecule has 1 rings (SSSR count). The number of ether oxygens (including phenoxy) is 1. The third-order valence-electron chi connectivity index (χ3n) is 2.47. The molecule has 0 spiro atoms. The summed E-state index contributed by atoms with van der Waals surface area (Å²) in [5, 5.41) is 0. The van der Waals surface area contributed by atoms with E-state index in [9.17, 15) is 8.42 Å². The zero-order valence-corrected chi connectivity index (χ0v) is 11.6. The highest BCUT2D eigenvalue weighted by Gasteiger charge is 2.05. The van der Waals surface area contributed by atoms with E-state index in [0.717, 1.165) is 5.75 Å². The summed E-state index contributed by atoms with van der Waals surface area (Å²) < 4.78 is 27.5. The minimum atomic E-state index is -2.90. The molecular weight excluding hydrogens is 252 g/mol. The van der Waals surface area contributed by atoms with E-state index in [1.807, 2.05) is 24.1 Å². The molecule has 0 heterocycles. The van der Waals surface area contributed by atoms with Gasteiger partial charge in [0.05, 0.1) is 5.75 Å². The number of hydrogen-bond donors (Lipinski definition) is 1. The molecule has 6 heteroatoms. The summed E-state index contributed by atoms with van der Waals surface area (Å²) in [6.45, 7) is 1.72. The number of likely N-dealkylation sites (N-methyl/N-ethyl adjacent to an activating group) is 1. The molecule has 0 radical (unpaired) electrons. The van der Waals surface area contributed by atoms with Crippen molar-refractivity contribution in [3.05, 3.63) is 24.3 Å². The van der Waals surface area contributed by atoms with Crippen LogP contribution in [0.15, 0.2) is 24.3 Å². The Kier molecular flexibility index (Phi) is 5.43. The van der Waals surface area contributed by atoms with Gasteiger partial charge in [0.25, 0.3) is 0 Å². The van der Waals surface area contributed by atoms with Gasteiger partial charge in [0.15, 0.2) is 0 Å². The Bertz CT molecular complexity index is 457. The van der Waals surface area contributed by atoms with Gasteiger partial charge in [-0.05, 0) is 31.3 Å². The molecular formula is C12H20N2O3S. The van der Waals surface area contributed by atoms with Crippen LogP contribution >= 0.6 is 0 Å². The van der Waals surface area contributed by atoms with E-state index in [0.29, 0.717) is 25.4 Å². The number of nitrogen functional groups attached to an aromatic ring is 1. The van der Waals surface area contributed by atoms with E-state index in [1.54, 1.807) is 12.1 Å². The van der Waals surface area contributed by atoms with Crippen molar-refractivity contribution in [3.63, 3.8) is 0 Å². The lowest BCUT2D eigenvalue weighted by atomic mass is 10.3. The summed E-state index contributed by atoms with van der Waals surface area (Å²) in [7, 11) is -1.02. The predicted octanol–water partition coefficient (Wildman–Crippen LogP) is 0.624. The zero-order chi connectivity index (χ0) is 13.6. The molecule has 5 nitrogen and oxygen atoms in total. The quantitative estimate of drug-likeness (QED) is 0.737. The van der Waals surface area contributed by atoms with E-state index >= 15 is 0 Å². The number of nitrogens with zero attached hydrogens (tertiary/aromatic N) is 1. The molecule has 0 aromatic heterocycles. The summed E-state index contributed by atoms with van der Waals surface area (Å²) >= 11 is 0. The fourth-order valence-electron chi connectivity index (χ4n) is 1.32. The van der Waals surface area contributed by atoms with E-state index < -0.39 is 9.84 Å². The van der Waals surface area contributed by atoms with E-state index in [-0.39, 0.29) is 5.75 Å². The maximum absolute atomic E-state index is 11.0. The average Bonchev–Trinajstić information content (AvgIpc) is 2.28. The normalized spacial score (nSPS) is 11.7. The number of benzene rings is 1. The second-order valence-corrected chi connectivity index (χ2v) is 6.61. The molecule has 1 aromatic rings. The van der Waals surface area contributed by atoms with E-state index in [4.69, 9.17) is 10.5 Å². The van der Waals surface area contributed by atoms with Crippen LogP contribution in [-0.4, -0.2) is 52.1 Å². The van der Waals surface area contributed by atoms with Crippen LogP contribution in [0.4, 0.5) is 5.69 Å². The molecule has 0 saturated heterocycles. The number of anilines is 1. The number of rotatable bonds is 7. The molecule has 0 aliphatic carbocycles. The highest BCUT2D eigenvalue weighted by molar-refractivity contribution is 7.90. The fraction of sp³-hybridized carbons (Fsp3) is 0.500. The molecule has 0 saturated carbocycles. The smallest absolute Gasteiger partial charge is 0.148 e. The predicted molar refractivity (Wildman–Crippen MR) is 73.6 cm³/mol. The molecule has 0 atom stereocenters. The van der Waals surface area contributed by atoms with Crippen molar-refractivity contribution in [1.29, 1.82) is 0 Å². The first-order chi connectivity index (χ1) is 8.37. The van der Waals surface area contributed by atoms with Crippen molar-refractivity contribution in [2.45, 2.75) is 0 Å². The second-order valence-electron chi connectivity index (χ2n) is 4.35. The molecule has 2 N–H and O–H groups in total. The molecule has 102 valence electrons. The van der Waals surface area contributed by atoms with Crippen LogP contribution in [0.3, 0.4) is 0 Å². The molecule has 0 fully saturated rings. The van der Waals surface area contributed by atoms with Gasteiger partial charge in [0.2, 0.25) is 0 Å². The van der Waals surface area contributed by atoms with Crippen molar-refractivity contribution >= 4 is 15.5 Å². The largest absolute Gasteiger partial charge is 0.492 e. The maximum atomic E-state index is 11.0. The Morgan fingerprint density at radius 3 is 2.39 bits per heavy atom. The molecule has 0 aliphatic rings. The number of sulfone groups is 1. The lowest BCUT2D eigenvalue weighted by molar-refractivity contribution is 0.244. The van der Waals surface area contributed by atoms with Crippen molar-refractivity contribution < 1.29 is 13.2 Å². The third-order valence-corrected chi connectivity index (χ3v) is 3.39. The minimum absolute atomic E-state index is 0.172. The summed E-state index contributed by atoms with van der Waals surface area (Å²) in [4.78, 5) is 1.93. The van der Waals surface area contributed by atoms with Crippen LogP contribution in [-0.2, 0) is 9.84 Å². The van der Waals surface area contributed by atoms with Crippen molar-refractivity contribution in [3.8, 4) is 5.75 Å². The van der Waals surface area contributed by atoms with Crippen molar-refractivity contribution in [2.24, 2.45) is 0 Å². The topological polar surface area (TPSA) is 72.6 Å². The average molecular weight is 272 g/mol. The Labute approximate surface area is 108 Å². The number of hydrogen-bond acceptors (Lipinski definition) is 5. The molecule has 0 bridgehead atoms. The van der Waals surface area contributed by atoms with Crippen molar-refractivity contribution in [1.82, 2.24) is 4.90 Å². The lowest BCUT2D eigenvalue weighted by Gasteiger charge is -2.16. The highest BCUT2D eigenvalue weighted by atomic mass is 32.2. The van der Waals surface area contributed by atoms with Crippen molar-refractivity contribution in [2.75, 3.05) is 44.5 Å². The number of nitrogens with two attached hydrogens (primary N) is 1. The lowest BCUT2D eigenvalue weighted by Crippen LogP contribution is -2.29.